The molecule has 168 valence electrons. The second kappa shape index (κ2) is 9.79. The number of hydrogen-bond acceptors (Lipinski definition) is 4. The number of piperidine rings is 1. The Bertz CT molecular complexity index is 900. The van der Waals surface area contributed by atoms with Crippen LogP contribution in [0.15, 0.2) is 42.5 Å². The second-order valence-electron chi connectivity index (χ2n) is 9.11. The van der Waals surface area contributed by atoms with Crippen LogP contribution in [0.5, 0.6) is 5.75 Å². The third-order valence-electron chi connectivity index (χ3n) is 5.77. The van der Waals surface area contributed by atoms with Crippen molar-refractivity contribution in [3.05, 3.63) is 59.4 Å². The molecule has 2 aromatic rings. The molecule has 1 aliphatic rings. The van der Waals surface area contributed by atoms with E-state index in [1.54, 1.807) is 12.1 Å². The van der Waals surface area contributed by atoms with Crippen LogP contribution in [0.4, 0.5) is 10.1 Å². The van der Waals surface area contributed by atoms with Crippen LogP contribution in [0.1, 0.15) is 37.8 Å². The second-order valence-corrected chi connectivity index (χ2v) is 9.11. The van der Waals surface area contributed by atoms with Crippen LogP contribution >= 0.6 is 0 Å². The van der Waals surface area contributed by atoms with Crippen LogP contribution in [0.25, 0.3) is 0 Å². The van der Waals surface area contributed by atoms with Crippen LogP contribution < -0.4 is 10.1 Å². The molecule has 0 unspecified atom stereocenters. The predicted octanol–water partition coefficient (Wildman–Crippen LogP) is 4.31. The van der Waals surface area contributed by atoms with Gasteiger partial charge in [0.25, 0.3) is 0 Å². The average molecular weight is 429 g/mol. The molecule has 31 heavy (non-hydrogen) atoms. The summed E-state index contributed by atoms with van der Waals surface area (Å²) in [6.45, 7) is 9.33. The van der Waals surface area contributed by atoms with E-state index in [0.717, 1.165) is 16.8 Å². The van der Waals surface area contributed by atoms with Crippen molar-refractivity contribution < 1.29 is 19.0 Å². The smallest absolute Gasteiger partial charge is 0.238 e. The van der Waals surface area contributed by atoms with Crippen molar-refractivity contribution in [1.29, 1.82) is 0 Å². The summed E-state index contributed by atoms with van der Waals surface area (Å²) in [6.07, 6.45) is 0.595. The van der Waals surface area contributed by atoms with Gasteiger partial charge < -0.3 is 15.2 Å². The molecule has 0 spiro atoms. The Kier molecular flexibility index (Phi) is 7.34. The van der Waals surface area contributed by atoms with Crippen molar-refractivity contribution in [1.82, 2.24) is 4.90 Å². The number of carbonyl (C=O) groups excluding carboxylic acids is 1. The van der Waals surface area contributed by atoms with E-state index < -0.39 is 11.7 Å². The third-order valence-corrected chi connectivity index (χ3v) is 5.77. The van der Waals surface area contributed by atoms with E-state index in [9.17, 15) is 14.3 Å². The minimum atomic E-state index is -0.997. The Morgan fingerprint density at radius 2 is 1.97 bits per heavy atom. The van der Waals surface area contributed by atoms with E-state index in [1.165, 1.54) is 12.1 Å². The fourth-order valence-electron chi connectivity index (χ4n) is 4.18. The maximum absolute atomic E-state index is 13.3. The fraction of sp³-hybridized carbons (Fsp3) is 0.480. The molecule has 0 radical (unpaired) electrons. The summed E-state index contributed by atoms with van der Waals surface area (Å²) >= 11 is 0. The summed E-state index contributed by atoms with van der Waals surface area (Å²) in [7, 11) is 0. The lowest BCUT2D eigenvalue weighted by molar-refractivity contribution is -0.129. The number of hydrogen-bond donors (Lipinski definition) is 2. The fourth-order valence-corrected chi connectivity index (χ4v) is 4.18. The number of nitrogens with one attached hydrogen (secondary N) is 1. The highest BCUT2D eigenvalue weighted by Gasteiger charge is 2.43. The zero-order chi connectivity index (χ0) is 22.6. The third kappa shape index (κ3) is 6.28. The summed E-state index contributed by atoms with van der Waals surface area (Å²) in [5, 5.41) is 14.3. The largest absolute Gasteiger partial charge is 0.486 e. The summed E-state index contributed by atoms with van der Waals surface area (Å²) in [4.78, 5) is 14.7. The van der Waals surface area contributed by atoms with Crippen molar-refractivity contribution in [2.75, 3.05) is 25.0 Å². The van der Waals surface area contributed by atoms with E-state index >= 15 is 0 Å². The number of rotatable bonds is 7. The highest BCUT2D eigenvalue weighted by molar-refractivity contribution is 5.93. The first-order valence-corrected chi connectivity index (χ1v) is 10.9. The maximum Gasteiger partial charge on any atom is 0.238 e. The maximum atomic E-state index is 13.3. The lowest BCUT2D eigenvalue weighted by atomic mass is 9.81. The van der Waals surface area contributed by atoms with E-state index in [0.29, 0.717) is 37.6 Å². The van der Waals surface area contributed by atoms with Gasteiger partial charge in [0.05, 0.1) is 6.54 Å². The number of carbonyl (C=O) groups is 1. The van der Waals surface area contributed by atoms with Gasteiger partial charge in [-0.05, 0) is 74.1 Å². The van der Waals surface area contributed by atoms with Gasteiger partial charge in [-0.15, -0.1) is 0 Å². The first-order valence-electron chi connectivity index (χ1n) is 10.9. The molecule has 1 fully saturated rings. The molecule has 0 aromatic heterocycles. The molecule has 5 nitrogen and oxygen atoms in total. The normalized spacial score (nSPS) is 21.8. The number of benzene rings is 2. The molecule has 2 aromatic carbocycles. The number of amides is 1. The molecule has 0 aliphatic carbocycles. The molecule has 3 rings (SSSR count). The number of aliphatic hydroxyl groups is 1. The predicted molar refractivity (Wildman–Crippen MR) is 121 cm³/mol. The highest BCUT2D eigenvalue weighted by Crippen LogP contribution is 2.32. The van der Waals surface area contributed by atoms with Crippen LogP contribution in [0, 0.1) is 25.6 Å². The first-order chi connectivity index (χ1) is 14.6. The van der Waals surface area contributed by atoms with Crippen molar-refractivity contribution in [3.63, 3.8) is 0 Å². The molecule has 2 N–H and O–H groups in total. The summed E-state index contributed by atoms with van der Waals surface area (Å²) < 4.78 is 19.4. The molecule has 1 aliphatic heterocycles. The molecule has 1 amide bonds. The summed E-state index contributed by atoms with van der Waals surface area (Å²) in [5.41, 5.74) is 1.92. The number of aryl methyl sites for hydroxylation is 2. The number of nitrogens with zero attached hydrogens (tertiary/aromatic N) is 1. The number of ether oxygens (including phenoxy) is 1. The topological polar surface area (TPSA) is 61.8 Å². The van der Waals surface area contributed by atoms with Crippen LogP contribution in [0.2, 0.25) is 0 Å². The highest BCUT2D eigenvalue weighted by atomic mass is 19.1. The quantitative estimate of drug-likeness (QED) is 0.690. The van der Waals surface area contributed by atoms with Crippen molar-refractivity contribution in [2.45, 2.75) is 52.2 Å². The lowest BCUT2D eigenvalue weighted by Gasteiger charge is -2.45. The minimum absolute atomic E-state index is 0.0940. The average Bonchev–Trinajstić information content (AvgIpc) is 2.69. The van der Waals surface area contributed by atoms with Crippen LogP contribution in [-0.2, 0) is 4.79 Å². The van der Waals surface area contributed by atoms with E-state index in [2.05, 4.69) is 19.2 Å². The van der Waals surface area contributed by atoms with Gasteiger partial charge in [-0.1, -0.05) is 26.0 Å². The Morgan fingerprint density at radius 1 is 1.26 bits per heavy atom. The molecular formula is C25H33FN2O3. The molecule has 0 bridgehead atoms. The minimum Gasteiger partial charge on any atom is -0.486 e. The van der Waals surface area contributed by atoms with Gasteiger partial charge in [-0.3, -0.25) is 9.69 Å². The molecule has 1 heterocycles. The molecule has 6 heteroatoms. The van der Waals surface area contributed by atoms with E-state index in [1.807, 2.05) is 36.9 Å². The van der Waals surface area contributed by atoms with Crippen molar-refractivity contribution in [2.24, 2.45) is 5.92 Å². The molecule has 0 saturated carbocycles. The Morgan fingerprint density at radius 3 is 2.65 bits per heavy atom. The van der Waals surface area contributed by atoms with Gasteiger partial charge in [0, 0.05) is 18.8 Å². The SMILES string of the molecule is Cc1ccc(C)c(NC(=O)CN2CC[C@@](O)(CC(C)C)[C@@H](Oc3ccc(F)cc3)C2)c1. The van der Waals surface area contributed by atoms with Gasteiger partial charge >= 0.3 is 0 Å². The monoisotopic (exact) mass is 428 g/mol. The number of anilines is 1. The van der Waals surface area contributed by atoms with E-state index in [4.69, 9.17) is 4.74 Å². The van der Waals surface area contributed by atoms with Crippen molar-refractivity contribution >= 4 is 11.6 Å². The zero-order valence-electron chi connectivity index (χ0n) is 18.8. The first kappa shape index (κ1) is 23.2. The lowest BCUT2D eigenvalue weighted by Crippen LogP contribution is -2.59. The number of halogens is 1. The van der Waals surface area contributed by atoms with Crippen LogP contribution in [0.3, 0.4) is 0 Å². The summed E-state index contributed by atoms with van der Waals surface area (Å²) in [5.74, 6) is 0.375. The van der Waals surface area contributed by atoms with Gasteiger partial charge in [0.2, 0.25) is 5.91 Å². The summed E-state index contributed by atoms with van der Waals surface area (Å²) in [6, 6.07) is 11.8. The van der Waals surface area contributed by atoms with E-state index in [-0.39, 0.29) is 18.3 Å². The van der Waals surface area contributed by atoms with Gasteiger partial charge in [-0.2, -0.15) is 0 Å². The van der Waals surface area contributed by atoms with Gasteiger partial charge in [0.15, 0.2) is 0 Å². The number of likely N-dealkylation sites (tertiary alicyclic amines) is 1. The molecule has 1 saturated heterocycles. The Hall–Kier alpha value is -2.44. The Balaban J connectivity index is 1.69. The van der Waals surface area contributed by atoms with Crippen molar-refractivity contribution in [3.8, 4) is 5.75 Å². The van der Waals surface area contributed by atoms with Gasteiger partial charge in [0.1, 0.15) is 23.3 Å². The Labute approximate surface area is 184 Å². The molecular weight excluding hydrogens is 395 g/mol. The van der Waals surface area contributed by atoms with Crippen LogP contribution in [-0.4, -0.2) is 47.3 Å². The standard InChI is InChI=1S/C25H33FN2O3/c1-17(2)14-25(30)11-12-28(15-23(25)31-21-9-7-20(26)8-10-21)16-24(29)27-22-13-18(3)5-6-19(22)4/h5-10,13,17,23,30H,11-12,14-16H2,1-4H3,(H,27,29)/t23-,25+/m0/s1. The van der Waals surface area contributed by atoms with Gasteiger partial charge in [-0.25, -0.2) is 4.39 Å². The zero-order valence-corrected chi connectivity index (χ0v) is 18.8. The molecule has 2 atom stereocenters.